The first kappa shape index (κ1) is 17.4. The molecular weight excluding hydrogens is 254 g/mol. The van der Waals surface area contributed by atoms with Gasteiger partial charge in [0.05, 0.1) is 19.1 Å². The monoisotopic (exact) mass is 285 g/mol. The van der Waals surface area contributed by atoms with Crippen LogP contribution in [0.1, 0.15) is 32.6 Å². The fourth-order valence-electron chi connectivity index (χ4n) is 2.38. The lowest BCUT2D eigenvalue weighted by atomic mass is 10.1. The predicted molar refractivity (Wildman–Crippen MR) is 81.9 cm³/mol. The summed E-state index contributed by atoms with van der Waals surface area (Å²) >= 11 is 0. The Morgan fingerprint density at radius 2 is 1.90 bits per heavy atom. The zero-order valence-electron chi connectivity index (χ0n) is 13.4. The highest BCUT2D eigenvalue weighted by atomic mass is 16.5. The first-order valence-electron chi connectivity index (χ1n) is 7.88. The van der Waals surface area contributed by atoms with Crippen molar-refractivity contribution in [1.29, 1.82) is 0 Å². The van der Waals surface area contributed by atoms with Gasteiger partial charge in [0.1, 0.15) is 0 Å². The standard InChI is InChI=1S/C15H31N3O2/c1-4-10-18(12-11-17(2)3)15(19)7-13-20-14-5-8-16-9-6-14/h14,16H,4-13H2,1-3H3. The predicted octanol–water partition coefficient (Wildman–Crippen LogP) is 0.945. The smallest absolute Gasteiger partial charge is 0.224 e. The highest BCUT2D eigenvalue weighted by Gasteiger charge is 2.16. The molecule has 1 aliphatic rings. The van der Waals surface area contributed by atoms with Gasteiger partial charge in [-0.2, -0.15) is 0 Å². The quantitative estimate of drug-likeness (QED) is 0.685. The molecule has 0 aliphatic carbocycles. The largest absolute Gasteiger partial charge is 0.378 e. The van der Waals surface area contributed by atoms with Crippen molar-refractivity contribution in [2.75, 3.05) is 53.4 Å². The average Bonchev–Trinajstić information content (AvgIpc) is 2.44. The third-order valence-electron chi connectivity index (χ3n) is 3.62. The van der Waals surface area contributed by atoms with Gasteiger partial charge in [-0.3, -0.25) is 4.79 Å². The topological polar surface area (TPSA) is 44.8 Å². The molecule has 0 saturated carbocycles. The molecule has 1 heterocycles. The lowest BCUT2D eigenvalue weighted by molar-refractivity contribution is -0.133. The van der Waals surface area contributed by atoms with E-state index in [2.05, 4.69) is 17.1 Å². The molecule has 0 radical (unpaired) electrons. The molecule has 1 saturated heterocycles. The van der Waals surface area contributed by atoms with E-state index in [1.54, 1.807) is 0 Å². The number of amides is 1. The number of hydrogen-bond acceptors (Lipinski definition) is 4. The van der Waals surface area contributed by atoms with Crippen LogP contribution in [-0.4, -0.2) is 75.2 Å². The lowest BCUT2D eigenvalue weighted by Gasteiger charge is -2.25. The van der Waals surface area contributed by atoms with Gasteiger partial charge in [0.15, 0.2) is 0 Å². The Morgan fingerprint density at radius 3 is 2.50 bits per heavy atom. The van der Waals surface area contributed by atoms with E-state index in [-0.39, 0.29) is 5.91 Å². The van der Waals surface area contributed by atoms with Gasteiger partial charge in [-0.15, -0.1) is 0 Å². The number of piperidine rings is 1. The summed E-state index contributed by atoms with van der Waals surface area (Å²) in [5.41, 5.74) is 0. The molecule has 0 aromatic heterocycles. The van der Waals surface area contributed by atoms with Crippen LogP contribution in [0.4, 0.5) is 0 Å². The number of nitrogens with one attached hydrogen (secondary N) is 1. The number of carbonyl (C=O) groups excluding carboxylic acids is 1. The zero-order valence-corrected chi connectivity index (χ0v) is 13.4. The molecule has 0 atom stereocenters. The maximum atomic E-state index is 12.2. The normalized spacial score (nSPS) is 16.6. The van der Waals surface area contributed by atoms with Crippen molar-refractivity contribution >= 4 is 5.91 Å². The third-order valence-corrected chi connectivity index (χ3v) is 3.62. The van der Waals surface area contributed by atoms with E-state index in [4.69, 9.17) is 4.74 Å². The van der Waals surface area contributed by atoms with Crippen molar-refractivity contribution < 1.29 is 9.53 Å². The summed E-state index contributed by atoms with van der Waals surface area (Å²) in [6.07, 6.45) is 3.98. The van der Waals surface area contributed by atoms with E-state index in [0.29, 0.717) is 19.1 Å². The lowest BCUT2D eigenvalue weighted by Crippen LogP contribution is -2.38. The van der Waals surface area contributed by atoms with Crippen LogP contribution in [0.5, 0.6) is 0 Å². The maximum Gasteiger partial charge on any atom is 0.224 e. The van der Waals surface area contributed by atoms with E-state index < -0.39 is 0 Å². The minimum atomic E-state index is 0.225. The van der Waals surface area contributed by atoms with E-state index in [1.165, 1.54) is 0 Å². The van der Waals surface area contributed by atoms with Gasteiger partial charge in [0, 0.05) is 19.6 Å². The molecule has 1 amide bonds. The van der Waals surface area contributed by atoms with Crippen LogP contribution in [0.15, 0.2) is 0 Å². The van der Waals surface area contributed by atoms with Crippen molar-refractivity contribution in [3.05, 3.63) is 0 Å². The van der Waals surface area contributed by atoms with Crippen LogP contribution in [0.3, 0.4) is 0 Å². The highest BCUT2D eigenvalue weighted by molar-refractivity contribution is 5.76. The second kappa shape index (κ2) is 10.1. The molecule has 118 valence electrons. The second-order valence-electron chi connectivity index (χ2n) is 5.75. The van der Waals surface area contributed by atoms with E-state index in [9.17, 15) is 4.79 Å². The third kappa shape index (κ3) is 7.22. The maximum absolute atomic E-state index is 12.2. The van der Waals surface area contributed by atoms with E-state index in [1.807, 2.05) is 19.0 Å². The molecule has 1 fully saturated rings. The first-order valence-corrected chi connectivity index (χ1v) is 7.88. The van der Waals surface area contributed by atoms with Crippen LogP contribution < -0.4 is 5.32 Å². The molecule has 0 unspecified atom stereocenters. The summed E-state index contributed by atoms with van der Waals surface area (Å²) in [5.74, 6) is 0.225. The van der Waals surface area contributed by atoms with Crippen LogP contribution in [0.2, 0.25) is 0 Å². The van der Waals surface area contributed by atoms with Crippen molar-refractivity contribution in [2.24, 2.45) is 0 Å². The Hall–Kier alpha value is -0.650. The van der Waals surface area contributed by atoms with Gasteiger partial charge in [0.2, 0.25) is 5.91 Å². The Balaban J connectivity index is 2.22. The summed E-state index contributed by atoms with van der Waals surface area (Å²) < 4.78 is 5.81. The molecule has 0 aromatic rings. The fourth-order valence-corrected chi connectivity index (χ4v) is 2.38. The Labute approximate surface area is 123 Å². The van der Waals surface area contributed by atoms with Gasteiger partial charge in [0.25, 0.3) is 0 Å². The minimum Gasteiger partial charge on any atom is -0.378 e. The minimum absolute atomic E-state index is 0.225. The molecule has 20 heavy (non-hydrogen) atoms. The number of nitrogens with zero attached hydrogens (tertiary/aromatic N) is 2. The van der Waals surface area contributed by atoms with Crippen LogP contribution in [0.25, 0.3) is 0 Å². The Kier molecular flexibility index (Phi) is 8.82. The van der Waals surface area contributed by atoms with Crippen LogP contribution >= 0.6 is 0 Å². The van der Waals surface area contributed by atoms with Crippen molar-refractivity contribution in [2.45, 2.75) is 38.7 Å². The Bertz CT molecular complexity index is 266. The fraction of sp³-hybridized carbons (Fsp3) is 0.933. The first-order chi connectivity index (χ1) is 9.63. The van der Waals surface area contributed by atoms with Crippen LogP contribution in [0, 0.1) is 0 Å². The molecule has 1 aliphatic heterocycles. The van der Waals surface area contributed by atoms with E-state index >= 15 is 0 Å². The average molecular weight is 285 g/mol. The highest BCUT2D eigenvalue weighted by Crippen LogP contribution is 2.08. The molecule has 5 heteroatoms. The molecule has 0 spiro atoms. The summed E-state index contributed by atoms with van der Waals surface area (Å²) in [4.78, 5) is 16.3. The SMILES string of the molecule is CCCN(CCN(C)C)C(=O)CCOC1CCNCC1. The van der Waals surface area contributed by atoms with Gasteiger partial charge in [-0.05, 0) is 46.4 Å². The molecule has 1 rings (SSSR count). The summed E-state index contributed by atoms with van der Waals surface area (Å²) in [6, 6.07) is 0. The van der Waals surface area contributed by atoms with E-state index in [0.717, 1.165) is 52.0 Å². The van der Waals surface area contributed by atoms with Gasteiger partial charge in [-0.25, -0.2) is 0 Å². The van der Waals surface area contributed by atoms with Gasteiger partial charge < -0.3 is 19.9 Å². The number of likely N-dealkylation sites (N-methyl/N-ethyl adjacent to an activating group) is 1. The number of hydrogen-bond donors (Lipinski definition) is 1. The summed E-state index contributed by atoms with van der Waals surface area (Å²) in [5, 5.41) is 3.32. The molecular formula is C15H31N3O2. The van der Waals surface area contributed by atoms with Crippen molar-refractivity contribution in [3.8, 4) is 0 Å². The summed E-state index contributed by atoms with van der Waals surface area (Å²) in [7, 11) is 4.07. The number of carbonyl (C=O) groups is 1. The Morgan fingerprint density at radius 1 is 1.20 bits per heavy atom. The molecule has 5 nitrogen and oxygen atoms in total. The van der Waals surface area contributed by atoms with Crippen molar-refractivity contribution in [1.82, 2.24) is 15.1 Å². The number of ether oxygens (including phenoxy) is 1. The van der Waals surface area contributed by atoms with Gasteiger partial charge in [-0.1, -0.05) is 6.92 Å². The molecule has 0 aromatic carbocycles. The van der Waals surface area contributed by atoms with Gasteiger partial charge >= 0.3 is 0 Å². The van der Waals surface area contributed by atoms with Crippen LogP contribution in [-0.2, 0) is 9.53 Å². The molecule has 1 N–H and O–H groups in total. The number of rotatable bonds is 9. The second-order valence-corrected chi connectivity index (χ2v) is 5.75. The zero-order chi connectivity index (χ0) is 14.8. The van der Waals surface area contributed by atoms with Crippen molar-refractivity contribution in [3.63, 3.8) is 0 Å². The molecule has 0 bridgehead atoms. The summed E-state index contributed by atoms with van der Waals surface area (Å²) in [6.45, 7) is 7.31.